The summed E-state index contributed by atoms with van der Waals surface area (Å²) in [6.45, 7) is 1.65. The molecule has 1 aliphatic carbocycles. The molecule has 0 aromatic carbocycles. The SMILES string of the molecule is CC1=C(N)C=C(n2c(=O)cc(C(F)(F)F)n3ccnc23)C(F)C1. The van der Waals surface area contributed by atoms with Crippen molar-refractivity contribution in [2.45, 2.75) is 25.7 Å². The van der Waals surface area contributed by atoms with E-state index in [4.69, 9.17) is 5.73 Å². The van der Waals surface area contributed by atoms with Gasteiger partial charge in [-0.3, -0.25) is 9.20 Å². The van der Waals surface area contributed by atoms with Crippen molar-refractivity contribution < 1.29 is 17.6 Å². The average Bonchev–Trinajstić information content (AvgIpc) is 2.90. The molecule has 0 bridgehead atoms. The lowest BCUT2D eigenvalue weighted by molar-refractivity contribution is -0.142. The van der Waals surface area contributed by atoms with E-state index in [0.29, 0.717) is 16.0 Å². The summed E-state index contributed by atoms with van der Waals surface area (Å²) in [6.07, 6.45) is -2.89. The van der Waals surface area contributed by atoms with E-state index < -0.39 is 23.6 Å². The monoisotopic (exact) mass is 328 g/mol. The van der Waals surface area contributed by atoms with Gasteiger partial charge in [0.15, 0.2) is 0 Å². The standard InChI is InChI=1S/C14H12F4N4O/c1-7-4-8(15)10(5-9(7)19)22-12(23)6-11(14(16,17)18)21-3-2-20-13(21)22/h2-3,5-6,8H,4,19H2,1H3. The van der Waals surface area contributed by atoms with E-state index in [-0.39, 0.29) is 23.6 Å². The van der Waals surface area contributed by atoms with Gasteiger partial charge in [0.1, 0.15) is 11.9 Å². The molecule has 0 radical (unpaired) electrons. The topological polar surface area (TPSA) is 65.3 Å². The van der Waals surface area contributed by atoms with E-state index in [1.807, 2.05) is 0 Å². The van der Waals surface area contributed by atoms with Crippen LogP contribution in [0.15, 0.2) is 40.6 Å². The minimum atomic E-state index is -4.73. The van der Waals surface area contributed by atoms with Crippen molar-refractivity contribution in [3.05, 3.63) is 51.9 Å². The molecule has 2 N–H and O–H groups in total. The van der Waals surface area contributed by atoms with Gasteiger partial charge >= 0.3 is 6.18 Å². The molecule has 1 atom stereocenters. The Balaban J connectivity index is 2.33. The smallest absolute Gasteiger partial charge is 0.399 e. The molecule has 0 fully saturated rings. The van der Waals surface area contributed by atoms with Gasteiger partial charge in [0, 0.05) is 30.6 Å². The van der Waals surface area contributed by atoms with Crippen LogP contribution in [0.3, 0.4) is 0 Å². The molecule has 2 aromatic rings. The summed E-state index contributed by atoms with van der Waals surface area (Å²) in [5.74, 6) is -0.314. The molecule has 3 rings (SSSR count). The first-order valence-electron chi connectivity index (χ1n) is 6.67. The normalized spacial score (nSPS) is 19.3. The second-order valence-corrected chi connectivity index (χ2v) is 5.27. The molecule has 23 heavy (non-hydrogen) atoms. The minimum Gasteiger partial charge on any atom is -0.399 e. The van der Waals surface area contributed by atoms with E-state index in [0.717, 1.165) is 17.0 Å². The second-order valence-electron chi connectivity index (χ2n) is 5.27. The van der Waals surface area contributed by atoms with E-state index in [1.165, 1.54) is 6.08 Å². The van der Waals surface area contributed by atoms with Crippen LogP contribution in [0.4, 0.5) is 17.6 Å². The Bertz CT molecular complexity index is 904. The molecule has 9 heteroatoms. The van der Waals surface area contributed by atoms with Crippen molar-refractivity contribution in [2.75, 3.05) is 0 Å². The summed E-state index contributed by atoms with van der Waals surface area (Å²) < 4.78 is 54.9. The predicted molar refractivity (Wildman–Crippen MR) is 75.1 cm³/mol. The first-order valence-corrected chi connectivity index (χ1v) is 6.67. The fourth-order valence-corrected chi connectivity index (χ4v) is 2.53. The predicted octanol–water partition coefficient (Wildman–Crippen LogP) is 2.33. The Morgan fingerprint density at radius 1 is 1.39 bits per heavy atom. The Labute approximate surface area is 127 Å². The molecule has 5 nitrogen and oxygen atoms in total. The van der Waals surface area contributed by atoms with Crippen molar-refractivity contribution in [3.8, 4) is 0 Å². The molecular weight excluding hydrogens is 316 g/mol. The van der Waals surface area contributed by atoms with E-state index in [9.17, 15) is 22.4 Å². The lowest BCUT2D eigenvalue weighted by Gasteiger charge is -2.22. The van der Waals surface area contributed by atoms with Crippen molar-refractivity contribution in [3.63, 3.8) is 0 Å². The molecular formula is C14H12F4N4O. The maximum atomic E-state index is 14.3. The molecule has 122 valence electrons. The number of nitrogens with two attached hydrogens (primary N) is 1. The number of imidazole rings is 1. The van der Waals surface area contributed by atoms with Crippen LogP contribution in [0, 0.1) is 0 Å². The second kappa shape index (κ2) is 4.97. The Morgan fingerprint density at radius 2 is 2.09 bits per heavy atom. The van der Waals surface area contributed by atoms with Crippen LogP contribution in [0.2, 0.25) is 0 Å². The third-order valence-electron chi connectivity index (χ3n) is 3.71. The quantitative estimate of drug-likeness (QED) is 0.817. The van der Waals surface area contributed by atoms with Crippen molar-refractivity contribution in [1.29, 1.82) is 0 Å². The Kier molecular flexibility index (Phi) is 3.31. The zero-order valence-corrected chi connectivity index (χ0v) is 11.9. The number of fused-ring (bicyclic) bond motifs is 1. The van der Waals surface area contributed by atoms with Crippen LogP contribution in [0.1, 0.15) is 19.0 Å². The average molecular weight is 328 g/mol. The fourth-order valence-electron chi connectivity index (χ4n) is 2.53. The fraction of sp³-hybridized carbons (Fsp3) is 0.286. The number of alkyl halides is 4. The first kappa shape index (κ1) is 15.3. The summed E-state index contributed by atoms with van der Waals surface area (Å²) in [7, 11) is 0. The Morgan fingerprint density at radius 3 is 2.74 bits per heavy atom. The molecule has 0 spiro atoms. The van der Waals surface area contributed by atoms with Crippen LogP contribution in [-0.4, -0.2) is 20.1 Å². The van der Waals surface area contributed by atoms with Crippen LogP contribution in [0.5, 0.6) is 0 Å². The van der Waals surface area contributed by atoms with Crippen LogP contribution in [0.25, 0.3) is 11.5 Å². The maximum Gasteiger partial charge on any atom is 0.432 e. The molecule has 2 heterocycles. The van der Waals surface area contributed by atoms with Gasteiger partial charge in [-0.05, 0) is 18.6 Å². The molecule has 1 aliphatic rings. The van der Waals surface area contributed by atoms with Crippen LogP contribution < -0.4 is 11.3 Å². The Hall–Kier alpha value is -2.58. The number of rotatable bonds is 1. The summed E-state index contributed by atoms with van der Waals surface area (Å²) in [4.78, 5) is 15.9. The maximum absolute atomic E-state index is 14.3. The van der Waals surface area contributed by atoms with Crippen molar-refractivity contribution in [1.82, 2.24) is 14.0 Å². The number of hydrogen-bond donors (Lipinski definition) is 1. The molecule has 0 aliphatic heterocycles. The third-order valence-corrected chi connectivity index (χ3v) is 3.71. The molecule has 0 saturated carbocycles. The van der Waals surface area contributed by atoms with Gasteiger partial charge in [-0.25, -0.2) is 13.9 Å². The zero-order chi connectivity index (χ0) is 16.9. The van der Waals surface area contributed by atoms with Gasteiger partial charge in [0.2, 0.25) is 5.78 Å². The van der Waals surface area contributed by atoms with Crippen LogP contribution in [-0.2, 0) is 6.18 Å². The zero-order valence-electron chi connectivity index (χ0n) is 11.9. The number of nitrogens with zero attached hydrogens (tertiary/aromatic N) is 3. The highest BCUT2D eigenvalue weighted by molar-refractivity contribution is 5.62. The lowest BCUT2D eigenvalue weighted by atomic mass is 9.99. The van der Waals surface area contributed by atoms with Gasteiger partial charge < -0.3 is 5.73 Å². The number of halogens is 4. The minimum absolute atomic E-state index is 0.0298. The van der Waals surface area contributed by atoms with Gasteiger partial charge in [-0.2, -0.15) is 13.2 Å². The first-order chi connectivity index (χ1) is 10.7. The van der Waals surface area contributed by atoms with Gasteiger partial charge in [-0.15, -0.1) is 0 Å². The van der Waals surface area contributed by atoms with E-state index in [1.54, 1.807) is 6.92 Å². The van der Waals surface area contributed by atoms with Gasteiger partial charge in [-0.1, -0.05) is 0 Å². The van der Waals surface area contributed by atoms with Gasteiger partial charge in [0.05, 0.1) is 5.70 Å². The lowest BCUT2D eigenvalue weighted by Crippen LogP contribution is -2.30. The van der Waals surface area contributed by atoms with Crippen LogP contribution >= 0.6 is 0 Å². The summed E-state index contributed by atoms with van der Waals surface area (Å²) in [5.41, 5.74) is 4.34. The van der Waals surface area contributed by atoms with E-state index >= 15 is 0 Å². The molecule has 1 unspecified atom stereocenters. The highest BCUT2D eigenvalue weighted by Crippen LogP contribution is 2.31. The summed E-state index contributed by atoms with van der Waals surface area (Å²) in [5, 5.41) is 0. The highest BCUT2D eigenvalue weighted by Gasteiger charge is 2.35. The van der Waals surface area contributed by atoms with Crippen molar-refractivity contribution >= 4 is 11.5 Å². The largest absolute Gasteiger partial charge is 0.432 e. The molecule has 2 aromatic heterocycles. The van der Waals surface area contributed by atoms with Gasteiger partial charge in [0.25, 0.3) is 5.56 Å². The third kappa shape index (κ3) is 2.41. The van der Waals surface area contributed by atoms with Crippen molar-refractivity contribution in [2.24, 2.45) is 5.73 Å². The summed E-state index contributed by atoms with van der Waals surface area (Å²) in [6, 6.07) is 0.420. The highest BCUT2D eigenvalue weighted by atomic mass is 19.4. The number of allylic oxidation sites excluding steroid dienone is 3. The van der Waals surface area contributed by atoms with E-state index in [2.05, 4.69) is 4.98 Å². The number of hydrogen-bond acceptors (Lipinski definition) is 3. The molecule has 0 saturated heterocycles. The summed E-state index contributed by atoms with van der Waals surface area (Å²) >= 11 is 0. The molecule has 0 amide bonds. The number of aromatic nitrogens is 3.